The second-order valence-electron chi connectivity index (χ2n) is 4.48. The summed E-state index contributed by atoms with van der Waals surface area (Å²) in [5.74, 6) is -2.22. The number of carboxylic acids is 1. The van der Waals surface area contributed by atoms with Crippen molar-refractivity contribution < 1.29 is 24.4 Å². The van der Waals surface area contributed by atoms with Crippen molar-refractivity contribution in [2.45, 2.75) is 12.5 Å². The molecule has 1 aromatic carbocycles. The SMILES string of the molecule is CN1C(=O)CC(Nc2ccc([N+](=O)[O-])cc2C(=O)O)C1=O. The summed E-state index contributed by atoms with van der Waals surface area (Å²) in [4.78, 5) is 45.2. The molecule has 1 aliphatic rings. The summed E-state index contributed by atoms with van der Waals surface area (Å²) < 4.78 is 0. The molecular formula is C12H11N3O6. The molecule has 0 saturated carbocycles. The van der Waals surface area contributed by atoms with Crippen LogP contribution in [0.3, 0.4) is 0 Å². The van der Waals surface area contributed by atoms with Crippen LogP contribution in [0.4, 0.5) is 11.4 Å². The van der Waals surface area contributed by atoms with E-state index in [0.29, 0.717) is 0 Å². The molecule has 2 rings (SSSR count). The minimum atomic E-state index is -1.37. The van der Waals surface area contributed by atoms with Crippen LogP contribution in [-0.2, 0) is 9.59 Å². The number of imide groups is 1. The molecule has 2 N–H and O–H groups in total. The first kappa shape index (κ1) is 14.4. The lowest BCUT2D eigenvalue weighted by atomic mass is 10.1. The summed E-state index contributed by atoms with van der Waals surface area (Å²) in [6.45, 7) is 0. The number of amides is 2. The van der Waals surface area contributed by atoms with Crippen molar-refractivity contribution >= 4 is 29.2 Å². The summed E-state index contributed by atoms with van der Waals surface area (Å²) in [5, 5.41) is 22.4. The molecule has 1 aliphatic heterocycles. The van der Waals surface area contributed by atoms with Crippen LogP contribution >= 0.6 is 0 Å². The number of carbonyl (C=O) groups excluding carboxylic acids is 2. The smallest absolute Gasteiger partial charge is 0.338 e. The average molecular weight is 293 g/mol. The van der Waals surface area contributed by atoms with Gasteiger partial charge in [-0.05, 0) is 6.07 Å². The first-order chi connectivity index (χ1) is 9.81. The third kappa shape index (κ3) is 2.66. The molecule has 1 heterocycles. The summed E-state index contributed by atoms with van der Waals surface area (Å²) in [6.07, 6.45) is -0.0919. The van der Waals surface area contributed by atoms with Crippen molar-refractivity contribution in [3.63, 3.8) is 0 Å². The van der Waals surface area contributed by atoms with E-state index in [2.05, 4.69) is 5.32 Å². The molecule has 0 radical (unpaired) electrons. The Labute approximate surface area is 118 Å². The summed E-state index contributed by atoms with van der Waals surface area (Å²) in [5.41, 5.74) is -0.655. The molecule has 2 amide bonds. The Kier molecular flexibility index (Phi) is 3.57. The highest BCUT2D eigenvalue weighted by Gasteiger charge is 2.36. The van der Waals surface area contributed by atoms with Gasteiger partial charge in [0.25, 0.3) is 11.6 Å². The van der Waals surface area contributed by atoms with Crippen LogP contribution in [0, 0.1) is 10.1 Å². The van der Waals surface area contributed by atoms with Crippen LogP contribution in [0.1, 0.15) is 16.8 Å². The number of aromatic carboxylic acids is 1. The highest BCUT2D eigenvalue weighted by atomic mass is 16.6. The van der Waals surface area contributed by atoms with Crippen LogP contribution < -0.4 is 5.32 Å². The van der Waals surface area contributed by atoms with E-state index in [-0.39, 0.29) is 29.3 Å². The third-order valence-corrected chi connectivity index (χ3v) is 3.16. The van der Waals surface area contributed by atoms with Crippen molar-refractivity contribution in [3.05, 3.63) is 33.9 Å². The largest absolute Gasteiger partial charge is 0.478 e. The quantitative estimate of drug-likeness (QED) is 0.468. The Morgan fingerprint density at radius 1 is 1.48 bits per heavy atom. The van der Waals surface area contributed by atoms with Gasteiger partial charge in [0.05, 0.1) is 16.9 Å². The molecule has 110 valence electrons. The average Bonchev–Trinajstić information content (AvgIpc) is 2.66. The van der Waals surface area contributed by atoms with Gasteiger partial charge in [-0.1, -0.05) is 0 Å². The van der Waals surface area contributed by atoms with E-state index in [0.717, 1.165) is 17.0 Å². The van der Waals surface area contributed by atoms with Crippen LogP contribution in [0.25, 0.3) is 0 Å². The fraction of sp³-hybridized carbons (Fsp3) is 0.250. The molecule has 1 aromatic rings. The number of nitro benzene ring substituents is 1. The molecule has 9 heteroatoms. The molecular weight excluding hydrogens is 282 g/mol. The van der Waals surface area contributed by atoms with Crippen molar-refractivity contribution in [1.29, 1.82) is 0 Å². The maximum atomic E-state index is 11.8. The Hall–Kier alpha value is -2.97. The second-order valence-corrected chi connectivity index (χ2v) is 4.48. The van der Waals surface area contributed by atoms with E-state index in [1.165, 1.54) is 13.1 Å². The number of likely N-dealkylation sites (tertiary alicyclic amines) is 1. The number of benzene rings is 1. The van der Waals surface area contributed by atoms with Gasteiger partial charge in [0.1, 0.15) is 6.04 Å². The number of hydrogen-bond donors (Lipinski definition) is 2. The van der Waals surface area contributed by atoms with E-state index in [1.807, 2.05) is 0 Å². The molecule has 0 spiro atoms. The Bertz CT molecular complexity index is 656. The van der Waals surface area contributed by atoms with E-state index in [4.69, 9.17) is 5.11 Å². The molecule has 0 aromatic heterocycles. The number of nitro groups is 1. The minimum absolute atomic E-state index is 0.0505. The van der Waals surface area contributed by atoms with Gasteiger partial charge >= 0.3 is 5.97 Å². The number of likely N-dealkylation sites (N-methyl/N-ethyl adjacent to an activating group) is 1. The molecule has 1 atom stereocenters. The first-order valence-electron chi connectivity index (χ1n) is 5.90. The fourth-order valence-corrected chi connectivity index (χ4v) is 2.00. The summed E-state index contributed by atoms with van der Waals surface area (Å²) in [7, 11) is 1.33. The number of rotatable bonds is 4. The lowest BCUT2D eigenvalue weighted by Gasteiger charge is -2.14. The molecule has 9 nitrogen and oxygen atoms in total. The fourth-order valence-electron chi connectivity index (χ4n) is 2.00. The van der Waals surface area contributed by atoms with Gasteiger partial charge in [-0.2, -0.15) is 0 Å². The molecule has 1 unspecified atom stereocenters. The maximum Gasteiger partial charge on any atom is 0.338 e. The topological polar surface area (TPSA) is 130 Å². The zero-order chi connectivity index (χ0) is 15.7. The molecule has 0 aliphatic carbocycles. The van der Waals surface area contributed by atoms with Gasteiger partial charge in [-0.25, -0.2) is 4.79 Å². The number of hydrogen-bond acceptors (Lipinski definition) is 6. The normalized spacial score (nSPS) is 18.0. The van der Waals surface area contributed by atoms with E-state index in [9.17, 15) is 24.5 Å². The predicted molar refractivity (Wildman–Crippen MR) is 69.9 cm³/mol. The highest BCUT2D eigenvalue weighted by Crippen LogP contribution is 2.25. The van der Waals surface area contributed by atoms with Gasteiger partial charge in [-0.3, -0.25) is 24.6 Å². The zero-order valence-corrected chi connectivity index (χ0v) is 10.9. The lowest BCUT2D eigenvalue weighted by molar-refractivity contribution is -0.384. The standard InChI is InChI=1S/C12H11N3O6/c1-14-10(16)5-9(11(14)17)13-8-3-2-6(15(20)21)4-7(8)12(18)19/h2-4,9,13H,5H2,1H3,(H,18,19). The van der Waals surface area contributed by atoms with Crippen LogP contribution in [0.2, 0.25) is 0 Å². The lowest BCUT2D eigenvalue weighted by Crippen LogP contribution is -2.32. The van der Waals surface area contributed by atoms with Crippen molar-refractivity contribution in [1.82, 2.24) is 4.90 Å². The number of carbonyl (C=O) groups is 3. The van der Waals surface area contributed by atoms with Gasteiger partial charge < -0.3 is 10.4 Å². The predicted octanol–water partition coefficient (Wildman–Crippen LogP) is 0.462. The third-order valence-electron chi connectivity index (χ3n) is 3.16. The second kappa shape index (κ2) is 5.19. The van der Waals surface area contributed by atoms with Crippen LogP contribution in [0.5, 0.6) is 0 Å². The maximum absolute atomic E-state index is 11.8. The van der Waals surface area contributed by atoms with E-state index < -0.39 is 22.8 Å². The minimum Gasteiger partial charge on any atom is -0.478 e. The molecule has 1 saturated heterocycles. The summed E-state index contributed by atoms with van der Waals surface area (Å²) in [6, 6.07) is 2.36. The Balaban J connectivity index is 2.32. The highest BCUT2D eigenvalue weighted by molar-refractivity contribution is 6.07. The van der Waals surface area contributed by atoms with Crippen LogP contribution in [0.15, 0.2) is 18.2 Å². The van der Waals surface area contributed by atoms with Gasteiger partial charge in [0.2, 0.25) is 5.91 Å². The van der Waals surface area contributed by atoms with Crippen molar-refractivity contribution in [2.75, 3.05) is 12.4 Å². The number of anilines is 1. The van der Waals surface area contributed by atoms with Crippen LogP contribution in [-0.4, -0.2) is 45.8 Å². The first-order valence-corrected chi connectivity index (χ1v) is 5.90. The monoisotopic (exact) mass is 293 g/mol. The van der Waals surface area contributed by atoms with E-state index in [1.54, 1.807) is 0 Å². The Morgan fingerprint density at radius 3 is 2.62 bits per heavy atom. The van der Waals surface area contributed by atoms with Crippen molar-refractivity contribution in [3.8, 4) is 0 Å². The van der Waals surface area contributed by atoms with E-state index >= 15 is 0 Å². The number of non-ortho nitro benzene ring substituents is 1. The van der Waals surface area contributed by atoms with Gasteiger partial charge in [-0.15, -0.1) is 0 Å². The number of carboxylic acid groups (broad SMARTS) is 1. The van der Waals surface area contributed by atoms with Crippen molar-refractivity contribution in [2.24, 2.45) is 0 Å². The number of nitrogens with zero attached hydrogens (tertiary/aromatic N) is 2. The molecule has 1 fully saturated rings. The molecule has 0 bridgehead atoms. The zero-order valence-electron chi connectivity index (χ0n) is 10.9. The Morgan fingerprint density at radius 2 is 2.14 bits per heavy atom. The van der Waals surface area contributed by atoms with Gasteiger partial charge in [0.15, 0.2) is 0 Å². The summed E-state index contributed by atoms with van der Waals surface area (Å²) >= 11 is 0. The number of nitrogens with one attached hydrogen (secondary N) is 1. The van der Waals surface area contributed by atoms with Gasteiger partial charge in [0, 0.05) is 24.9 Å². The molecule has 21 heavy (non-hydrogen) atoms.